The molecule has 0 unspecified atom stereocenters. The number of rotatable bonds is 2. The fraction of sp³-hybridized carbons (Fsp3) is 0.909. The maximum atomic E-state index is 11.8. The summed E-state index contributed by atoms with van der Waals surface area (Å²) in [6.45, 7) is 2.16. The minimum atomic E-state index is 0.0801. The highest BCUT2D eigenvalue weighted by molar-refractivity contribution is 5.80. The summed E-state index contributed by atoms with van der Waals surface area (Å²) in [5.41, 5.74) is 5.75. The van der Waals surface area contributed by atoms with Gasteiger partial charge in [-0.05, 0) is 32.6 Å². The Morgan fingerprint density at radius 3 is 2.43 bits per heavy atom. The fourth-order valence-electron chi connectivity index (χ4n) is 2.56. The summed E-state index contributed by atoms with van der Waals surface area (Å²) in [5.74, 6) is 0.429. The average molecular weight is 196 g/mol. The van der Waals surface area contributed by atoms with Crippen molar-refractivity contribution < 1.29 is 4.79 Å². The Balaban J connectivity index is 1.82. The molecule has 0 aromatic carbocycles. The first kappa shape index (κ1) is 9.97. The zero-order chi connectivity index (χ0) is 10.2. The molecule has 0 radical (unpaired) electrons. The summed E-state index contributed by atoms with van der Waals surface area (Å²) in [7, 11) is 0. The van der Waals surface area contributed by atoms with Gasteiger partial charge in [0.1, 0.15) is 0 Å². The van der Waals surface area contributed by atoms with Crippen molar-refractivity contribution in [2.45, 2.75) is 57.0 Å². The van der Waals surface area contributed by atoms with E-state index in [0.717, 1.165) is 25.7 Å². The molecule has 0 spiro atoms. The second-order valence-electron chi connectivity index (χ2n) is 5.19. The number of carbonyl (C=O) groups is 1. The Bertz CT molecular complexity index is 227. The number of amides is 1. The molecule has 0 aromatic rings. The van der Waals surface area contributed by atoms with Crippen molar-refractivity contribution in [3.8, 4) is 0 Å². The smallest absolute Gasteiger partial charge is 0.223 e. The molecule has 0 aliphatic heterocycles. The van der Waals surface area contributed by atoms with Crippen LogP contribution >= 0.6 is 0 Å². The second kappa shape index (κ2) is 3.54. The Morgan fingerprint density at radius 1 is 1.36 bits per heavy atom. The van der Waals surface area contributed by atoms with Crippen molar-refractivity contribution >= 4 is 5.91 Å². The molecule has 80 valence electrons. The SMILES string of the molecule is CC1(NC(=O)C2CC(N)C2)CCCC1. The molecule has 2 aliphatic rings. The summed E-state index contributed by atoms with van der Waals surface area (Å²) in [4.78, 5) is 11.8. The predicted molar refractivity (Wildman–Crippen MR) is 55.7 cm³/mol. The molecule has 14 heavy (non-hydrogen) atoms. The van der Waals surface area contributed by atoms with Crippen molar-refractivity contribution in [1.29, 1.82) is 0 Å². The van der Waals surface area contributed by atoms with Crippen LogP contribution in [0.5, 0.6) is 0 Å². The van der Waals surface area contributed by atoms with Crippen molar-refractivity contribution in [3.63, 3.8) is 0 Å². The Morgan fingerprint density at radius 2 is 1.93 bits per heavy atom. The van der Waals surface area contributed by atoms with Gasteiger partial charge in [-0.3, -0.25) is 4.79 Å². The van der Waals surface area contributed by atoms with Crippen LogP contribution in [0.15, 0.2) is 0 Å². The lowest BCUT2D eigenvalue weighted by Gasteiger charge is -2.35. The topological polar surface area (TPSA) is 55.1 Å². The van der Waals surface area contributed by atoms with Crippen LogP contribution in [0.2, 0.25) is 0 Å². The van der Waals surface area contributed by atoms with Crippen molar-refractivity contribution in [2.75, 3.05) is 0 Å². The molecule has 2 saturated carbocycles. The minimum Gasteiger partial charge on any atom is -0.351 e. The summed E-state index contributed by atoms with van der Waals surface area (Å²) in [6, 6.07) is 0.266. The van der Waals surface area contributed by atoms with Gasteiger partial charge in [-0.25, -0.2) is 0 Å². The molecular formula is C11H20N2O. The van der Waals surface area contributed by atoms with Gasteiger partial charge >= 0.3 is 0 Å². The Hall–Kier alpha value is -0.570. The zero-order valence-corrected chi connectivity index (χ0v) is 8.88. The summed E-state index contributed by atoms with van der Waals surface area (Å²) in [6.07, 6.45) is 6.53. The monoisotopic (exact) mass is 196 g/mol. The number of hydrogen-bond acceptors (Lipinski definition) is 2. The molecule has 3 nitrogen and oxygen atoms in total. The molecular weight excluding hydrogens is 176 g/mol. The van der Waals surface area contributed by atoms with Crippen LogP contribution in [0.4, 0.5) is 0 Å². The zero-order valence-electron chi connectivity index (χ0n) is 8.88. The first-order chi connectivity index (χ1) is 6.59. The highest BCUT2D eigenvalue weighted by Crippen LogP contribution is 2.31. The quantitative estimate of drug-likeness (QED) is 0.696. The maximum absolute atomic E-state index is 11.8. The lowest BCUT2D eigenvalue weighted by molar-refractivity contribution is -0.129. The molecule has 2 fully saturated rings. The lowest BCUT2D eigenvalue weighted by Crippen LogP contribution is -2.51. The van der Waals surface area contributed by atoms with E-state index in [1.807, 2.05) is 0 Å². The van der Waals surface area contributed by atoms with E-state index in [1.165, 1.54) is 12.8 Å². The first-order valence-corrected chi connectivity index (χ1v) is 5.67. The lowest BCUT2D eigenvalue weighted by atomic mass is 9.79. The summed E-state index contributed by atoms with van der Waals surface area (Å²) < 4.78 is 0. The van der Waals surface area contributed by atoms with Crippen molar-refractivity contribution in [2.24, 2.45) is 11.7 Å². The van der Waals surface area contributed by atoms with E-state index in [0.29, 0.717) is 0 Å². The minimum absolute atomic E-state index is 0.0801. The van der Waals surface area contributed by atoms with E-state index in [9.17, 15) is 4.79 Å². The van der Waals surface area contributed by atoms with Gasteiger partial charge < -0.3 is 11.1 Å². The van der Waals surface area contributed by atoms with Gasteiger partial charge in [-0.1, -0.05) is 12.8 Å². The molecule has 3 heteroatoms. The molecule has 1 amide bonds. The van der Waals surface area contributed by atoms with Crippen LogP contribution in [0, 0.1) is 5.92 Å². The second-order valence-corrected chi connectivity index (χ2v) is 5.19. The summed E-state index contributed by atoms with van der Waals surface area (Å²) >= 11 is 0. The van der Waals surface area contributed by atoms with Gasteiger partial charge in [0.15, 0.2) is 0 Å². The standard InChI is InChI=1S/C11H20N2O/c1-11(4-2-3-5-11)13-10(14)8-6-9(12)7-8/h8-9H,2-7,12H2,1H3,(H,13,14). The van der Waals surface area contributed by atoms with E-state index >= 15 is 0 Å². The molecule has 0 heterocycles. The molecule has 0 bridgehead atoms. The van der Waals surface area contributed by atoms with Crippen LogP contribution in [0.3, 0.4) is 0 Å². The van der Waals surface area contributed by atoms with Crippen LogP contribution in [-0.4, -0.2) is 17.5 Å². The third kappa shape index (κ3) is 1.92. The molecule has 0 saturated heterocycles. The first-order valence-electron chi connectivity index (χ1n) is 5.67. The van der Waals surface area contributed by atoms with Crippen LogP contribution in [0.25, 0.3) is 0 Å². The molecule has 3 N–H and O–H groups in total. The third-order valence-electron chi connectivity index (χ3n) is 3.68. The van der Waals surface area contributed by atoms with E-state index in [2.05, 4.69) is 12.2 Å². The number of carbonyl (C=O) groups excluding carboxylic acids is 1. The number of nitrogens with two attached hydrogens (primary N) is 1. The third-order valence-corrected chi connectivity index (χ3v) is 3.68. The number of nitrogens with one attached hydrogen (secondary N) is 1. The van der Waals surface area contributed by atoms with Gasteiger partial charge in [-0.15, -0.1) is 0 Å². The normalized spacial score (nSPS) is 35.0. The maximum Gasteiger partial charge on any atom is 0.223 e. The van der Waals surface area contributed by atoms with E-state index in [-0.39, 0.29) is 23.4 Å². The Kier molecular flexibility index (Phi) is 2.52. The van der Waals surface area contributed by atoms with Gasteiger partial charge in [0.25, 0.3) is 0 Å². The Labute approximate surface area is 85.4 Å². The highest BCUT2D eigenvalue weighted by atomic mass is 16.2. The van der Waals surface area contributed by atoms with E-state index in [4.69, 9.17) is 5.73 Å². The van der Waals surface area contributed by atoms with Crippen molar-refractivity contribution in [3.05, 3.63) is 0 Å². The highest BCUT2D eigenvalue weighted by Gasteiger charge is 2.36. The van der Waals surface area contributed by atoms with E-state index in [1.54, 1.807) is 0 Å². The largest absolute Gasteiger partial charge is 0.351 e. The fourth-order valence-corrected chi connectivity index (χ4v) is 2.56. The van der Waals surface area contributed by atoms with Gasteiger partial charge in [-0.2, -0.15) is 0 Å². The molecule has 2 rings (SSSR count). The molecule has 2 aliphatic carbocycles. The van der Waals surface area contributed by atoms with Crippen LogP contribution in [0.1, 0.15) is 45.4 Å². The predicted octanol–water partition coefficient (Wildman–Crippen LogP) is 1.17. The molecule has 0 atom stereocenters. The molecule has 0 aromatic heterocycles. The summed E-state index contributed by atoms with van der Waals surface area (Å²) in [5, 5.41) is 3.18. The van der Waals surface area contributed by atoms with Gasteiger partial charge in [0.05, 0.1) is 0 Å². The van der Waals surface area contributed by atoms with Gasteiger partial charge in [0, 0.05) is 17.5 Å². The van der Waals surface area contributed by atoms with Gasteiger partial charge in [0.2, 0.25) is 5.91 Å². The van der Waals surface area contributed by atoms with Crippen LogP contribution < -0.4 is 11.1 Å². The van der Waals surface area contributed by atoms with Crippen molar-refractivity contribution in [1.82, 2.24) is 5.32 Å². The van der Waals surface area contributed by atoms with Crippen LogP contribution in [-0.2, 0) is 4.79 Å². The average Bonchev–Trinajstić information content (AvgIpc) is 2.46. The van der Waals surface area contributed by atoms with E-state index < -0.39 is 0 Å². The number of hydrogen-bond donors (Lipinski definition) is 2.